The minimum Gasteiger partial charge on any atom is -0.292 e. The van der Waals surface area contributed by atoms with E-state index in [1.165, 1.54) is 4.90 Å². The van der Waals surface area contributed by atoms with E-state index in [0.717, 1.165) is 21.8 Å². The molecule has 0 saturated carbocycles. The van der Waals surface area contributed by atoms with Crippen LogP contribution in [0.25, 0.3) is 6.08 Å². The third-order valence-electron chi connectivity index (χ3n) is 2.59. The summed E-state index contributed by atoms with van der Waals surface area (Å²) in [5.74, 6) is -0.891. The third-order valence-corrected chi connectivity index (χ3v) is 5.16. The zero-order valence-electron chi connectivity index (χ0n) is 10.5. The maximum atomic E-state index is 12.2. The van der Waals surface area contributed by atoms with Gasteiger partial charge in [0.25, 0.3) is 16.0 Å². The lowest BCUT2D eigenvalue weighted by Gasteiger charge is -2.12. The Morgan fingerprint density at radius 1 is 1.43 bits per heavy atom. The van der Waals surface area contributed by atoms with Crippen LogP contribution >= 0.6 is 39.9 Å². The van der Waals surface area contributed by atoms with E-state index >= 15 is 0 Å². The molecule has 0 spiro atoms. The predicted molar refractivity (Wildman–Crippen MR) is 90.4 cm³/mol. The fraction of sp³-hybridized carbons (Fsp3) is 0.167. The van der Waals surface area contributed by atoms with Crippen molar-refractivity contribution in [1.29, 1.82) is 0 Å². The highest BCUT2D eigenvalue weighted by Gasteiger charge is 2.32. The molecular weight excluding hydrogens is 398 g/mol. The van der Waals surface area contributed by atoms with Crippen LogP contribution in [0, 0.1) is 0 Å². The van der Waals surface area contributed by atoms with Crippen molar-refractivity contribution in [2.45, 2.75) is 0 Å². The molecule has 1 heterocycles. The van der Waals surface area contributed by atoms with E-state index in [9.17, 15) is 13.2 Å². The fourth-order valence-corrected chi connectivity index (χ4v) is 3.79. The monoisotopic (exact) mass is 407 g/mol. The van der Waals surface area contributed by atoms with E-state index in [-0.39, 0.29) is 16.8 Å². The first-order valence-electron chi connectivity index (χ1n) is 5.72. The first-order chi connectivity index (χ1) is 9.76. The molecule has 1 fully saturated rings. The Kier molecular flexibility index (Phi) is 5.20. The van der Waals surface area contributed by atoms with Gasteiger partial charge < -0.3 is 0 Å². The summed E-state index contributed by atoms with van der Waals surface area (Å²) in [6.07, 6.45) is 1.69. The van der Waals surface area contributed by atoms with E-state index in [2.05, 4.69) is 15.9 Å². The van der Waals surface area contributed by atoms with E-state index in [1.807, 2.05) is 24.3 Å². The van der Waals surface area contributed by atoms with Gasteiger partial charge in [0.15, 0.2) is 0 Å². The van der Waals surface area contributed by atoms with E-state index < -0.39 is 15.9 Å². The second-order valence-corrected chi connectivity index (χ2v) is 8.34. The van der Waals surface area contributed by atoms with Crippen LogP contribution in [0.3, 0.4) is 0 Å². The van der Waals surface area contributed by atoms with E-state index in [0.29, 0.717) is 4.91 Å². The molecule has 9 heteroatoms. The van der Waals surface area contributed by atoms with Gasteiger partial charge in [0.1, 0.15) is 4.32 Å². The number of halogens is 1. The molecule has 2 rings (SSSR count). The summed E-state index contributed by atoms with van der Waals surface area (Å²) in [6, 6.07) is 7.41. The smallest absolute Gasteiger partial charge is 0.266 e. The maximum absolute atomic E-state index is 12.2. The number of thiocarbonyl (C=S) groups is 1. The molecule has 0 atom stereocenters. The summed E-state index contributed by atoms with van der Waals surface area (Å²) in [5.41, 5.74) is 0.833. The molecule has 112 valence electrons. The van der Waals surface area contributed by atoms with Crippen molar-refractivity contribution in [2.24, 2.45) is 0 Å². The van der Waals surface area contributed by atoms with Gasteiger partial charge in [0, 0.05) is 11.0 Å². The van der Waals surface area contributed by atoms with E-state index in [1.54, 1.807) is 6.08 Å². The second kappa shape index (κ2) is 6.57. The molecule has 1 aromatic carbocycles. The maximum Gasteiger partial charge on any atom is 0.266 e. The van der Waals surface area contributed by atoms with Crippen molar-refractivity contribution in [2.75, 3.05) is 12.3 Å². The summed E-state index contributed by atoms with van der Waals surface area (Å²) >= 11 is 9.52. The molecule has 1 saturated heterocycles. The Morgan fingerprint density at radius 2 is 2.14 bits per heavy atom. The van der Waals surface area contributed by atoms with Crippen molar-refractivity contribution in [3.05, 3.63) is 39.2 Å². The number of hydrogen-bond acceptors (Lipinski definition) is 5. The molecule has 1 amide bonds. The zero-order chi connectivity index (χ0) is 15.6. The Bertz CT molecular complexity index is 730. The van der Waals surface area contributed by atoms with Crippen molar-refractivity contribution in [3.8, 4) is 0 Å². The molecular formula is C12H10BrNO4S3. The predicted octanol–water partition coefficient (Wildman–Crippen LogP) is 2.54. The number of carbonyl (C=O) groups excluding carboxylic acids is 1. The molecule has 21 heavy (non-hydrogen) atoms. The quantitative estimate of drug-likeness (QED) is 0.469. The Balaban J connectivity index is 2.18. The van der Waals surface area contributed by atoms with Crippen molar-refractivity contribution in [3.63, 3.8) is 0 Å². The standard InChI is InChI=1S/C12H10BrNO4S3/c13-9-3-1-2-8(6-9)7-10-11(15)14(12(19)20-10)4-5-21(16,17)18/h1-3,6-7H,4-5H2,(H,16,17,18). The lowest BCUT2D eigenvalue weighted by Crippen LogP contribution is -2.32. The van der Waals surface area contributed by atoms with Gasteiger partial charge in [0.2, 0.25) is 0 Å². The number of hydrogen-bond donors (Lipinski definition) is 1. The number of carbonyl (C=O) groups is 1. The fourth-order valence-electron chi connectivity index (χ4n) is 1.65. The Labute approximate surface area is 140 Å². The van der Waals surface area contributed by atoms with Crippen LogP contribution in [0.15, 0.2) is 33.6 Å². The number of rotatable bonds is 4. The molecule has 0 aliphatic carbocycles. The minimum absolute atomic E-state index is 0.153. The van der Waals surface area contributed by atoms with Crippen molar-refractivity contribution in [1.82, 2.24) is 4.90 Å². The van der Waals surface area contributed by atoms with Gasteiger partial charge in [-0.3, -0.25) is 14.2 Å². The van der Waals surface area contributed by atoms with Crippen molar-refractivity contribution >= 4 is 66.3 Å². The molecule has 0 unspecified atom stereocenters. The largest absolute Gasteiger partial charge is 0.292 e. The highest BCUT2D eigenvalue weighted by Crippen LogP contribution is 2.32. The van der Waals surface area contributed by atoms with Gasteiger partial charge in [0.05, 0.1) is 10.7 Å². The first kappa shape index (κ1) is 16.6. The molecule has 0 aromatic heterocycles. The number of amides is 1. The normalized spacial score (nSPS) is 17.8. The van der Waals surface area contributed by atoms with Gasteiger partial charge >= 0.3 is 0 Å². The molecule has 0 bridgehead atoms. The van der Waals surface area contributed by atoms with Crippen LogP contribution in [-0.2, 0) is 14.9 Å². The number of thioether (sulfide) groups is 1. The average molecular weight is 408 g/mol. The highest BCUT2D eigenvalue weighted by atomic mass is 79.9. The summed E-state index contributed by atoms with van der Waals surface area (Å²) in [4.78, 5) is 13.8. The van der Waals surface area contributed by atoms with Gasteiger partial charge in [-0.1, -0.05) is 52.0 Å². The SMILES string of the molecule is O=C1C(=Cc2cccc(Br)c2)SC(=S)N1CCS(=O)(=O)O. The molecule has 1 aromatic rings. The van der Waals surface area contributed by atoms with Crippen LogP contribution in [0.4, 0.5) is 0 Å². The van der Waals surface area contributed by atoms with Gasteiger partial charge in [-0.25, -0.2) is 0 Å². The molecule has 5 nitrogen and oxygen atoms in total. The topological polar surface area (TPSA) is 74.7 Å². The van der Waals surface area contributed by atoms with Crippen LogP contribution in [-0.4, -0.2) is 40.4 Å². The molecule has 1 N–H and O–H groups in total. The molecule has 1 aliphatic rings. The van der Waals surface area contributed by atoms with Crippen molar-refractivity contribution < 1.29 is 17.8 Å². The average Bonchev–Trinajstić information content (AvgIpc) is 2.61. The second-order valence-electron chi connectivity index (χ2n) is 4.17. The molecule has 1 aliphatic heterocycles. The number of benzene rings is 1. The lowest BCUT2D eigenvalue weighted by atomic mass is 10.2. The minimum atomic E-state index is -4.13. The Morgan fingerprint density at radius 3 is 2.76 bits per heavy atom. The summed E-state index contributed by atoms with van der Waals surface area (Å²) in [6.45, 7) is -0.153. The van der Waals surface area contributed by atoms with Crippen LogP contribution in [0.1, 0.15) is 5.56 Å². The number of nitrogens with zero attached hydrogens (tertiary/aromatic N) is 1. The lowest BCUT2D eigenvalue weighted by molar-refractivity contribution is -0.121. The highest BCUT2D eigenvalue weighted by molar-refractivity contribution is 9.10. The van der Waals surface area contributed by atoms with Gasteiger partial charge in [-0.2, -0.15) is 8.42 Å². The summed E-state index contributed by atoms with van der Waals surface area (Å²) in [7, 11) is -4.13. The van der Waals surface area contributed by atoms with Gasteiger partial charge in [-0.05, 0) is 23.8 Å². The van der Waals surface area contributed by atoms with Crippen LogP contribution in [0.2, 0.25) is 0 Å². The van der Waals surface area contributed by atoms with Gasteiger partial charge in [-0.15, -0.1) is 0 Å². The zero-order valence-corrected chi connectivity index (χ0v) is 14.6. The van der Waals surface area contributed by atoms with E-state index in [4.69, 9.17) is 16.8 Å². The summed E-state index contributed by atoms with van der Waals surface area (Å²) in [5, 5.41) is 0. The van der Waals surface area contributed by atoms with Crippen LogP contribution in [0.5, 0.6) is 0 Å². The first-order valence-corrected chi connectivity index (χ1v) is 9.35. The summed E-state index contributed by atoms with van der Waals surface area (Å²) < 4.78 is 31.4. The molecule has 0 radical (unpaired) electrons. The van der Waals surface area contributed by atoms with Crippen LogP contribution < -0.4 is 0 Å². The third kappa shape index (κ3) is 4.62. The Hall–Kier alpha value is -0.740.